The number of nitrogens with two attached hydrogens (primary N) is 1. The van der Waals surface area contributed by atoms with Gasteiger partial charge in [-0.25, -0.2) is 9.36 Å². The molecule has 0 aliphatic rings. The van der Waals surface area contributed by atoms with Gasteiger partial charge in [0, 0.05) is 13.3 Å². The Morgan fingerprint density at radius 1 is 1.53 bits per heavy atom. The second kappa shape index (κ2) is 9.64. The smallest absolute Gasteiger partial charge is 0.809 e. The molecular weight excluding hydrogens is 299 g/mol. The van der Waals surface area contributed by atoms with Crippen molar-refractivity contribution in [2.45, 2.75) is 6.41 Å². The number of nitrogens with zero attached hydrogens (tertiary/aromatic N) is 2. The fraction of sp³-hybridized carbons (Fsp3) is 0.429. The van der Waals surface area contributed by atoms with E-state index in [1.807, 2.05) is 0 Å². The summed E-state index contributed by atoms with van der Waals surface area (Å²) in [6, 6.07) is 1.30. The fourth-order valence-electron chi connectivity index (χ4n) is 1.00. The number of aromatic nitrogens is 2. The Morgan fingerprint density at radius 2 is 2.11 bits per heavy atom. The SMILES string of the molecule is COC(OCP(=O)([O-])[O-])n1ccc(N)nc1=O.[Na+].[Na+]. The molecule has 12 heteroatoms. The zero-order valence-electron chi connectivity index (χ0n) is 10.8. The predicted molar refractivity (Wildman–Crippen MR) is 52.5 cm³/mol. The van der Waals surface area contributed by atoms with E-state index in [4.69, 9.17) is 10.5 Å². The van der Waals surface area contributed by atoms with Crippen LogP contribution in [-0.2, 0) is 14.0 Å². The first-order chi connectivity index (χ1) is 7.83. The molecule has 0 fully saturated rings. The number of hydrogen-bond acceptors (Lipinski definition) is 8. The van der Waals surface area contributed by atoms with Crippen molar-refractivity contribution in [3.8, 4) is 0 Å². The van der Waals surface area contributed by atoms with Crippen LogP contribution < -0.4 is 80.3 Å². The normalized spacial score (nSPS) is 12.2. The van der Waals surface area contributed by atoms with Crippen LogP contribution in [0.25, 0.3) is 0 Å². The molecule has 1 aromatic heterocycles. The van der Waals surface area contributed by atoms with E-state index in [-0.39, 0.29) is 64.9 Å². The monoisotopic (exact) mass is 309 g/mol. The Hall–Kier alpha value is 0.750. The number of methoxy groups -OCH3 is 1. The quantitative estimate of drug-likeness (QED) is 0.321. The first kappa shape index (κ1) is 22.0. The summed E-state index contributed by atoms with van der Waals surface area (Å²) in [5, 5.41) is 0. The van der Waals surface area contributed by atoms with E-state index in [0.29, 0.717) is 0 Å². The van der Waals surface area contributed by atoms with Gasteiger partial charge in [-0.2, -0.15) is 4.98 Å². The Balaban J connectivity index is 0. The first-order valence-electron chi connectivity index (χ1n) is 4.33. The average Bonchev–Trinajstić information content (AvgIpc) is 2.19. The van der Waals surface area contributed by atoms with E-state index in [0.717, 1.165) is 4.57 Å². The molecule has 0 bridgehead atoms. The molecule has 0 aromatic carbocycles. The van der Waals surface area contributed by atoms with Gasteiger partial charge in [-0.1, -0.05) is 0 Å². The zero-order chi connectivity index (χ0) is 13.1. The van der Waals surface area contributed by atoms with Crippen LogP contribution in [0.5, 0.6) is 0 Å². The van der Waals surface area contributed by atoms with Crippen molar-refractivity contribution in [2.24, 2.45) is 0 Å². The third-order valence-electron chi connectivity index (χ3n) is 1.66. The van der Waals surface area contributed by atoms with E-state index in [1.165, 1.54) is 19.4 Å². The summed E-state index contributed by atoms with van der Waals surface area (Å²) in [6.07, 6.45) is -1.24. The third-order valence-corrected chi connectivity index (χ3v) is 2.12. The van der Waals surface area contributed by atoms with Crippen LogP contribution in [0, 0.1) is 0 Å². The molecule has 1 atom stereocenters. The molecule has 0 aliphatic carbocycles. The van der Waals surface area contributed by atoms with Crippen LogP contribution in [0.1, 0.15) is 6.41 Å². The molecule has 2 N–H and O–H groups in total. The van der Waals surface area contributed by atoms with Crippen molar-refractivity contribution >= 4 is 13.4 Å². The maximum Gasteiger partial charge on any atom is 1.00 e. The second-order valence-electron chi connectivity index (χ2n) is 2.99. The van der Waals surface area contributed by atoms with Gasteiger partial charge < -0.3 is 29.6 Å². The number of hydrogen-bond donors (Lipinski definition) is 1. The van der Waals surface area contributed by atoms with Gasteiger partial charge in [-0.15, -0.1) is 0 Å². The Labute approximate surface area is 153 Å². The van der Waals surface area contributed by atoms with Gasteiger partial charge in [0.1, 0.15) is 5.82 Å². The van der Waals surface area contributed by atoms with Crippen LogP contribution in [0.2, 0.25) is 0 Å². The molecule has 1 rings (SSSR count). The van der Waals surface area contributed by atoms with Gasteiger partial charge in [0.15, 0.2) is 0 Å². The minimum absolute atomic E-state index is 0. The standard InChI is InChI=1S/C7H12N3O6P.2Na/c1-15-7(16-4-17(12,13)14)10-3-2-5(8)9-6(10)11;;/h2-3,7H,4H2,1H3,(H2,8,9,11)(H2,12,13,14);;/q;2*+1/p-2. The van der Waals surface area contributed by atoms with Gasteiger partial charge in [-0.3, -0.25) is 0 Å². The van der Waals surface area contributed by atoms with E-state index in [2.05, 4.69) is 9.72 Å². The predicted octanol–water partition coefficient (Wildman–Crippen LogP) is -8.18. The number of anilines is 1. The summed E-state index contributed by atoms with van der Waals surface area (Å²) in [6.45, 7) is 0. The maximum atomic E-state index is 11.4. The van der Waals surface area contributed by atoms with Crippen LogP contribution in [-0.4, -0.2) is 23.0 Å². The second-order valence-corrected chi connectivity index (χ2v) is 4.47. The van der Waals surface area contributed by atoms with E-state index >= 15 is 0 Å². The molecule has 0 aliphatic heterocycles. The summed E-state index contributed by atoms with van der Waals surface area (Å²) >= 11 is 0. The summed E-state index contributed by atoms with van der Waals surface area (Å²) in [5.74, 6) is -0.000533. The van der Waals surface area contributed by atoms with Gasteiger partial charge in [0.05, 0.1) is 6.35 Å². The van der Waals surface area contributed by atoms with Crippen LogP contribution >= 0.6 is 7.60 Å². The molecule has 1 heterocycles. The largest absolute Gasteiger partial charge is 1.00 e. The maximum absolute atomic E-state index is 11.4. The van der Waals surface area contributed by atoms with E-state index in [9.17, 15) is 19.1 Å². The molecule has 1 unspecified atom stereocenters. The number of rotatable bonds is 5. The van der Waals surface area contributed by atoms with Gasteiger partial charge in [0.2, 0.25) is 6.41 Å². The molecule has 9 nitrogen and oxygen atoms in total. The van der Waals surface area contributed by atoms with Gasteiger partial charge in [-0.05, 0) is 13.7 Å². The summed E-state index contributed by atoms with van der Waals surface area (Å²) < 4.78 is 20.6. The molecule has 0 saturated carbocycles. The first-order valence-corrected chi connectivity index (χ1v) is 6.06. The average molecular weight is 309 g/mol. The molecule has 1 aromatic rings. The minimum atomic E-state index is -4.84. The van der Waals surface area contributed by atoms with Gasteiger partial charge >= 0.3 is 64.8 Å². The fourth-order valence-corrected chi connectivity index (χ4v) is 1.31. The summed E-state index contributed by atoms with van der Waals surface area (Å²) in [5.41, 5.74) is 4.47. The van der Waals surface area contributed by atoms with E-state index < -0.39 is 26.0 Å². The molecular formula is C7H10N3Na2O6P. The van der Waals surface area contributed by atoms with Crippen molar-refractivity contribution in [2.75, 3.05) is 19.2 Å². The van der Waals surface area contributed by atoms with Crippen molar-refractivity contribution in [3.05, 3.63) is 22.7 Å². The minimum Gasteiger partial charge on any atom is -0.809 e. The Bertz CT molecular complexity index is 492. The van der Waals surface area contributed by atoms with Crippen LogP contribution in [0.3, 0.4) is 0 Å². The van der Waals surface area contributed by atoms with Crippen molar-refractivity contribution in [1.82, 2.24) is 9.55 Å². The molecule has 96 valence electrons. The third kappa shape index (κ3) is 7.93. The van der Waals surface area contributed by atoms with E-state index in [1.54, 1.807) is 0 Å². The Morgan fingerprint density at radius 3 is 2.53 bits per heavy atom. The topological polar surface area (TPSA) is 143 Å². The Kier molecular flexibility index (Phi) is 11.2. The summed E-state index contributed by atoms with van der Waals surface area (Å²) in [4.78, 5) is 35.5. The van der Waals surface area contributed by atoms with Crippen LogP contribution in [0.15, 0.2) is 17.1 Å². The summed E-state index contributed by atoms with van der Waals surface area (Å²) in [7, 11) is -3.67. The zero-order valence-corrected chi connectivity index (χ0v) is 15.7. The number of nitrogen functional groups attached to an aromatic ring is 1. The van der Waals surface area contributed by atoms with Crippen LogP contribution in [0.4, 0.5) is 5.82 Å². The molecule has 0 spiro atoms. The molecule has 0 amide bonds. The molecule has 19 heavy (non-hydrogen) atoms. The number of ether oxygens (including phenoxy) is 2. The van der Waals surface area contributed by atoms with Crippen molar-refractivity contribution in [3.63, 3.8) is 0 Å². The van der Waals surface area contributed by atoms with Crippen molar-refractivity contribution < 1.29 is 82.9 Å². The molecule has 0 radical (unpaired) electrons. The molecule has 0 saturated heterocycles. The van der Waals surface area contributed by atoms with Gasteiger partial charge in [0.25, 0.3) is 0 Å². The van der Waals surface area contributed by atoms with Crippen molar-refractivity contribution in [1.29, 1.82) is 0 Å².